The second-order valence-corrected chi connectivity index (χ2v) is 5.26. The molecule has 1 aromatic heterocycles. The third kappa shape index (κ3) is 3.05. The Morgan fingerprint density at radius 3 is 3.12 bits per heavy atom. The lowest BCUT2D eigenvalue weighted by atomic mass is 10.2. The number of halogens is 2. The van der Waals surface area contributed by atoms with Crippen LogP contribution in [-0.4, -0.2) is 35.4 Å². The first kappa shape index (κ1) is 13.0. The van der Waals surface area contributed by atoms with E-state index in [9.17, 15) is 9.50 Å². The van der Waals surface area contributed by atoms with Crippen molar-refractivity contribution >= 4 is 22.6 Å². The summed E-state index contributed by atoms with van der Waals surface area (Å²) in [6, 6.07) is 0.0701. The highest BCUT2D eigenvalue weighted by molar-refractivity contribution is 14.1. The summed E-state index contributed by atoms with van der Waals surface area (Å²) < 4.78 is 19.7. The highest BCUT2D eigenvalue weighted by Gasteiger charge is 2.23. The zero-order valence-corrected chi connectivity index (χ0v) is 11.6. The molecule has 1 aliphatic heterocycles. The maximum atomic E-state index is 13.5. The molecule has 1 saturated heterocycles. The van der Waals surface area contributed by atoms with Crippen LogP contribution < -0.4 is 10.1 Å². The van der Waals surface area contributed by atoms with Gasteiger partial charge in [0.25, 0.3) is 5.95 Å². The Labute approximate surface area is 113 Å². The third-order valence-corrected chi connectivity index (χ3v) is 4.07. The first-order valence-electron chi connectivity index (χ1n) is 5.42. The van der Waals surface area contributed by atoms with Gasteiger partial charge in [-0.1, -0.05) is 0 Å². The number of ether oxygens (including phenoxy) is 1. The van der Waals surface area contributed by atoms with Gasteiger partial charge < -0.3 is 15.2 Å². The van der Waals surface area contributed by atoms with E-state index in [1.54, 1.807) is 0 Å². The molecule has 94 valence electrons. The summed E-state index contributed by atoms with van der Waals surface area (Å²) in [6.07, 6.45) is 1.79. The zero-order chi connectivity index (χ0) is 12.4. The van der Waals surface area contributed by atoms with Crippen LogP contribution in [0.1, 0.15) is 12.0 Å². The summed E-state index contributed by atoms with van der Waals surface area (Å²) in [5, 5.41) is 12.5. The van der Waals surface area contributed by atoms with Crippen LogP contribution in [0.2, 0.25) is 0 Å². The van der Waals surface area contributed by atoms with Gasteiger partial charge >= 0.3 is 0 Å². The fraction of sp³-hybridized carbons (Fsp3) is 0.545. The number of aliphatic hydroxyl groups is 1. The first-order valence-corrected chi connectivity index (χ1v) is 6.50. The van der Waals surface area contributed by atoms with Gasteiger partial charge in [-0.05, 0) is 41.5 Å². The van der Waals surface area contributed by atoms with Crippen LogP contribution in [0.4, 0.5) is 4.39 Å². The number of rotatable bonds is 3. The Kier molecular flexibility index (Phi) is 4.16. The van der Waals surface area contributed by atoms with Gasteiger partial charge in [-0.25, -0.2) is 4.98 Å². The highest BCUT2D eigenvalue weighted by atomic mass is 127. The summed E-state index contributed by atoms with van der Waals surface area (Å²) in [5.41, 5.74) is 0.890. The van der Waals surface area contributed by atoms with E-state index in [0.29, 0.717) is 19.6 Å². The minimum absolute atomic E-state index is 0.0701. The average Bonchev–Trinajstić information content (AvgIpc) is 2.70. The number of hydrogen-bond donors (Lipinski definition) is 2. The van der Waals surface area contributed by atoms with E-state index in [-0.39, 0.29) is 17.9 Å². The lowest BCUT2D eigenvalue weighted by Crippen LogP contribution is -2.28. The Balaban J connectivity index is 2.01. The second-order valence-electron chi connectivity index (χ2n) is 4.18. The average molecular weight is 352 g/mol. The van der Waals surface area contributed by atoms with E-state index in [0.717, 1.165) is 9.13 Å². The zero-order valence-electron chi connectivity index (χ0n) is 9.41. The first-order chi connectivity index (χ1) is 8.08. The van der Waals surface area contributed by atoms with Crippen molar-refractivity contribution < 1.29 is 14.2 Å². The Morgan fingerprint density at radius 2 is 2.47 bits per heavy atom. The molecule has 2 rings (SSSR count). The molecule has 0 aromatic carbocycles. The molecule has 6 heteroatoms. The molecule has 4 nitrogen and oxygen atoms in total. The van der Waals surface area contributed by atoms with E-state index >= 15 is 0 Å². The van der Waals surface area contributed by atoms with E-state index in [1.807, 2.05) is 29.5 Å². The van der Waals surface area contributed by atoms with E-state index in [4.69, 9.17) is 4.74 Å². The minimum Gasteiger partial charge on any atom is -0.486 e. The van der Waals surface area contributed by atoms with Crippen LogP contribution in [0.25, 0.3) is 0 Å². The van der Waals surface area contributed by atoms with Gasteiger partial charge in [-0.3, -0.25) is 0 Å². The molecule has 1 aliphatic rings. The summed E-state index contributed by atoms with van der Waals surface area (Å²) in [6.45, 7) is 2.77. The summed E-state index contributed by atoms with van der Waals surface area (Å²) >= 11 is 2.05. The third-order valence-electron chi connectivity index (χ3n) is 2.73. The van der Waals surface area contributed by atoms with Gasteiger partial charge in [0.15, 0.2) is 5.75 Å². The lowest BCUT2D eigenvalue weighted by Gasteiger charge is -2.14. The summed E-state index contributed by atoms with van der Waals surface area (Å²) in [4.78, 5) is 3.63. The molecular weight excluding hydrogens is 338 g/mol. The summed E-state index contributed by atoms with van der Waals surface area (Å²) in [5.74, 6) is -0.382. The molecule has 0 unspecified atom stereocenters. The molecule has 17 heavy (non-hydrogen) atoms. The van der Waals surface area contributed by atoms with Crippen LogP contribution in [0.5, 0.6) is 5.75 Å². The maximum absolute atomic E-state index is 13.5. The van der Waals surface area contributed by atoms with Gasteiger partial charge in [0.1, 0.15) is 6.61 Å². The number of hydrogen-bond acceptors (Lipinski definition) is 4. The quantitative estimate of drug-likeness (QED) is 0.635. The minimum atomic E-state index is -0.585. The van der Waals surface area contributed by atoms with Crippen LogP contribution in [0.3, 0.4) is 0 Å². The molecule has 0 saturated carbocycles. The monoisotopic (exact) mass is 352 g/mol. The molecule has 0 bridgehead atoms. The maximum Gasteiger partial charge on any atom is 0.256 e. The number of pyridine rings is 1. The van der Waals surface area contributed by atoms with Crippen LogP contribution >= 0.6 is 22.6 Å². The van der Waals surface area contributed by atoms with Crippen molar-refractivity contribution in [2.75, 3.05) is 13.2 Å². The predicted octanol–water partition coefficient (Wildman–Crippen LogP) is 1.24. The van der Waals surface area contributed by atoms with E-state index in [1.165, 1.54) is 6.20 Å². The van der Waals surface area contributed by atoms with Gasteiger partial charge in [0.2, 0.25) is 0 Å². The molecule has 0 amide bonds. The molecule has 1 fully saturated rings. The SMILES string of the molecule is Cc1cnc(F)c(OC[C@@H]2C[C@H](O)CN2)c1I. The predicted molar refractivity (Wildman–Crippen MR) is 69.6 cm³/mol. The molecule has 0 aliphatic carbocycles. The van der Waals surface area contributed by atoms with Crippen LogP contribution in [0, 0.1) is 16.4 Å². The van der Waals surface area contributed by atoms with Crippen molar-refractivity contribution in [1.29, 1.82) is 0 Å². The highest BCUT2D eigenvalue weighted by Crippen LogP contribution is 2.26. The van der Waals surface area contributed by atoms with Gasteiger partial charge in [-0.15, -0.1) is 0 Å². The smallest absolute Gasteiger partial charge is 0.256 e. The Morgan fingerprint density at radius 1 is 1.71 bits per heavy atom. The molecule has 1 aromatic rings. The number of β-amino-alcohol motifs (C(OH)–C–C–N with tert-alkyl or cyclic N) is 1. The van der Waals surface area contributed by atoms with Gasteiger partial charge in [0.05, 0.1) is 9.67 Å². The standard InChI is InChI=1S/C11H14FIN2O2/c1-6-3-15-11(12)10(9(6)13)17-5-7-2-8(16)4-14-7/h3,7-8,14,16H,2,4-5H2,1H3/t7-,8-/m0/s1. The Hall–Kier alpha value is -0.470. The molecule has 0 spiro atoms. The number of aliphatic hydroxyl groups excluding tert-OH is 1. The molecule has 2 heterocycles. The van der Waals surface area contributed by atoms with E-state index < -0.39 is 5.95 Å². The lowest BCUT2D eigenvalue weighted by molar-refractivity contribution is 0.186. The normalized spacial score (nSPS) is 24.0. The molecule has 2 N–H and O–H groups in total. The molecular formula is C11H14FIN2O2. The fourth-order valence-corrected chi connectivity index (χ4v) is 2.29. The fourth-order valence-electron chi connectivity index (χ4n) is 1.77. The van der Waals surface area contributed by atoms with Gasteiger partial charge in [0, 0.05) is 18.8 Å². The molecule has 0 radical (unpaired) electrons. The number of nitrogens with zero attached hydrogens (tertiary/aromatic N) is 1. The van der Waals surface area contributed by atoms with Crippen molar-refractivity contribution in [2.45, 2.75) is 25.5 Å². The second kappa shape index (κ2) is 5.45. The van der Waals surface area contributed by atoms with Crippen LogP contribution in [-0.2, 0) is 0 Å². The van der Waals surface area contributed by atoms with Crippen molar-refractivity contribution in [1.82, 2.24) is 10.3 Å². The Bertz CT molecular complexity index is 417. The van der Waals surface area contributed by atoms with Crippen molar-refractivity contribution in [2.24, 2.45) is 0 Å². The van der Waals surface area contributed by atoms with Crippen molar-refractivity contribution in [3.63, 3.8) is 0 Å². The number of aryl methyl sites for hydroxylation is 1. The largest absolute Gasteiger partial charge is 0.486 e. The van der Waals surface area contributed by atoms with Crippen LogP contribution in [0.15, 0.2) is 6.20 Å². The molecule has 2 atom stereocenters. The van der Waals surface area contributed by atoms with Crippen molar-refractivity contribution in [3.8, 4) is 5.75 Å². The number of aromatic nitrogens is 1. The van der Waals surface area contributed by atoms with Gasteiger partial charge in [-0.2, -0.15) is 4.39 Å². The number of nitrogens with one attached hydrogen (secondary N) is 1. The topological polar surface area (TPSA) is 54.4 Å². The van der Waals surface area contributed by atoms with E-state index in [2.05, 4.69) is 10.3 Å². The summed E-state index contributed by atoms with van der Waals surface area (Å²) in [7, 11) is 0. The van der Waals surface area contributed by atoms with Crippen molar-refractivity contribution in [3.05, 3.63) is 21.3 Å².